The summed E-state index contributed by atoms with van der Waals surface area (Å²) in [6.07, 6.45) is 0.894. The molecule has 0 amide bonds. The molecule has 0 aromatic rings. The van der Waals surface area contributed by atoms with Crippen molar-refractivity contribution in [2.24, 2.45) is 5.92 Å². The van der Waals surface area contributed by atoms with Gasteiger partial charge in [0.15, 0.2) is 0 Å². The van der Waals surface area contributed by atoms with E-state index in [0.717, 1.165) is 13.0 Å². The van der Waals surface area contributed by atoms with Gasteiger partial charge >= 0.3 is 5.97 Å². The number of hydrogen-bond acceptors (Lipinski definition) is 3. The molecular formula is C10H21NO2. The van der Waals surface area contributed by atoms with E-state index in [4.69, 9.17) is 4.74 Å². The molecule has 0 saturated heterocycles. The fourth-order valence-electron chi connectivity index (χ4n) is 1.26. The predicted molar refractivity (Wildman–Crippen MR) is 53.6 cm³/mol. The minimum absolute atomic E-state index is 0.195. The summed E-state index contributed by atoms with van der Waals surface area (Å²) in [5, 5.41) is 3.36. The van der Waals surface area contributed by atoms with Crippen LogP contribution in [0.5, 0.6) is 0 Å². The molecule has 1 atom stereocenters. The Balaban J connectivity index is 3.62. The lowest BCUT2D eigenvalue weighted by Gasteiger charge is -2.21. The first-order valence-electron chi connectivity index (χ1n) is 4.94. The summed E-state index contributed by atoms with van der Waals surface area (Å²) < 4.78 is 4.89. The second-order valence-electron chi connectivity index (χ2n) is 3.54. The van der Waals surface area contributed by atoms with E-state index < -0.39 is 0 Å². The Hall–Kier alpha value is -0.570. The zero-order valence-corrected chi connectivity index (χ0v) is 9.09. The summed E-state index contributed by atoms with van der Waals surface area (Å²) in [5.41, 5.74) is 0. The molecule has 0 radical (unpaired) electrons. The molecule has 0 aliphatic heterocycles. The lowest BCUT2D eigenvalue weighted by atomic mass is 10.0. The molecule has 0 spiro atoms. The van der Waals surface area contributed by atoms with Crippen LogP contribution in [0.4, 0.5) is 0 Å². The third-order valence-electron chi connectivity index (χ3n) is 2.01. The molecule has 1 unspecified atom stereocenters. The Morgan fingerprint density at radius 1 is 1.46 bits per heavy atom. The van der Waals surface area contributed by atoms with Crippen LogP contribution in [0.2, 0.25) is 0 Å². The highest BCUT2D eigenvalue weighted by atomic mass is 16.5. The van der Waals surface area contributed by atoms with Crippen molar-refractivity contribution in [3.05, 3.63) is 0 Å². The molecule has 13 heavy (non-hydrogen) atoms. The summed E-state index contributed by atoms with van der Waals surface area (Å²) in [4.78, 5) is 10.5. The molecule has 3 heteroatoms. The number of hydrogen-bond donors (Lipinski definition) is 1. The summed E-state index contributed by atoms with van der Waals surface area (Å²) in [6, 6.07) is 0.448. The lowest BCUT2D eigenvalue weighted by Crippen LogP contribution is -2.34. The normalized spacial score (nSPS) is 13.0. The topological polar surface area (TPSA) is 38.3 Å². The van der Waals surface area contributed by atoms with Crippen LogP contribution in [0.1, 0.15) is 34.1 Å². The van der Waals surface area contributed by atoms with Crippen LogP contribution in [0.3, 0.4) is 0 Å². The van der Waals surface area contributed by atoms with Crippen LogP contribution in [0.25, 0.3) is 0 Å². The van der Waals surface area contributed by atoms with Crippen LogP contribution in [0, 0.1) is 5.92 Å². The number of rotatable bonds is 6. The van der Waals surface area contributed by atoms with Gasteiger partial charge in [-0.25, -0.2) is 0 Å². The number of carbonyl (C=O) groups excluding carboxylic acids is 1. The van der Waals surface area contributed by atoms with Gasteiger partial charge in [-0.3, -0.25) is 4.79 Å². The second kappa shape index (κ2) is 6.89. The van der Waals surface area contributed by atoms with Gasteiger partial charge < -0.3 is 10.1 Å². The lowest BCUT2D eigenvalue weighted by molar-refractivity contribution is -0.141. The van der Waals surface area contributed by atoms with Gasteiger partial charge in [-0.05, 0) is 18.9 Å². The quantitative estimate of drug-likeness (QED) is 0.641. The van der Waals surface area contributed by atoms with Crippen LogP contribution in [0.15, 0.2) is 0 Å². The molecule has 0 rings (SSSR count). The van der Waals surface area contributed by atoms with E-state index in [1.165, 1.54) is 6.92 Å². The number of esters is 1. The van der Waals surface area contributed by atoms with E-state index in [9.17, 15) is 4.79 Å². The molecule has 78 valence electrons. The third-order valence-corrected chi connectivity index (χ3v) is 2.01. The zero-order valence-electron chi connectivity index (χ0n) is 9.09. The Bertz CT molecular complexity index is 146. The van der Waals surface area contributed by atoms with E-state index >= 15 is 0 Å². The first-order valence-corrected chi connectivity index (χ1v) is 4.94. The van der Waals surface area contributed by atoms with Crippen LogP contribution < -0.4 is 5.32 Å². The molecule has 0 aromatic carbocycles. The van der Waals surface area contributed by atoms with E-state index in [2.05, 4.69) is 26.1 Å². The van der Waals surface area contributed by atoms with Gasteiger partial charge in [-0.15, -0.1) is 0 Å². The van der Waals surface area contributed by atoms with Crippen LogP contribution in [-0.4, -0.2) is 25.2 Å². The molecule has 0 heterocycles. The summed E-state index contributed by atoms with van der Waals surface area (Å²) in [5.74, 6) is 0.384. The van der Waals surface area contributed by atoms with Crippen molar-refractivity contribution in [2.45, 2.75) is 40.2 Å². The fraction of sp³-hybridized carbons (Fsp3) is 0.900. The molecule has 0 bridgehead atoms. The van der Waals surface area contributed by atoms with Gasteiger partial charge in [-0.1, -0.05) is 20.8 Å². The SMILES string of the molecule is CCNC(CCOC(C)=O)C(C)C. The third kappa shape index (κ3) is 6.58. The summed E-state index contributed by atoms with van der Waals surface area (Å²) in [6.45, 7) is 9.34. The van der Waals surface area contributed by atoms with Crippen molar-refractivity contribution in [1.29, 1.82) is 0 Å². The van der Waals surface area contributed by atoms with Gasteiger partial charge in [0.1, 0.15) is 0 Å². The van der Waals surface area contributed by atoms with E-state index in [0.29, 0.717) is 18.6 Å². The molecule has 1 N–H and O–H groups in total. The van der Waals surface area contributed by atoms with Crippen molar-refractivity contribution in [1.82, 2.24) is 5.32 Å². The average molecular weight is 187 g/mol. The van der Waals surface area contributed by atoms with Gasteiger partial charge in [0.25, 0.3) is 0 Å². The second-order valence-corrected chi connectivity index (χ2v) is 3.54. The van der Waals surface area contributed by atoms with Gasteiger partial charge in [0.2, 0.25) is 0 Å². The number of nitrogens with one attached hydrogen (secondary N) is 1. The molecule has 0 aromatic heterocycles. The first-order chi connectivity index (χ1) is 6.07. The Kier molecular flexibility index (Phi) is 6.59. The standard InChI is InChI=1S/C10H21NO2/c1-5-11-10(8(2)3)6-7-13-9(4)12/h8,10-11H,5-7H2,1-4H3. The molecule has 0 fully saturated rings. The fourth-order valence-corrected chi connectivity index (χ4v) is 1.26. The highest BCUT2D eigenvalue weighted by molar-refractivity contribution is 5.65. The Morgan fingerprint density at radius 2 is 2.08 bits per heavy atom. The monoisotopic (exact) mass is 187 g/mol. The van der Waals surface area contributed by atoms with E-state index in [1.807, 2.05) is 0 Å². The van der Waals surface area contributed by atoms with Crippen molar-refractivity contribution in [2.75, 3.05) is 13.2 Å². The maximum atomic E-state index is 10.5. The van der Waals surface area contributed by atoms with Crippen LogP contribution in [-0.2, 0) is 9.53 Å². The molecule has 3 nitrogen and oxygen atoms in total. The van der Waals surface area contributed by atoms with E-state index in [-0.39, 0.29) is 5.97 Å². The molecule has 0 aliphatic carbocycles. The zero-order chi connectivity index (χ0) is 10.3. The number of ether oxygens (including phenoxy) is 1. The minimum Gasteiger partial charge on any atom is -0.466 e. The highest BCUT2D eigenvalue weighted by Gasteiger charge is 2.11. The van der Waals surface area contributed by atoms with Crippen molar-refractivity contribution in [3.8, 4) is 0 Å². The smallest absolute Gasteiger partial charge is 0.302 e. The molecule has 0 saturated carbocycles. The maximum absolute atomic E-state index is 10.5. The summed E-state index contributed by atoms with van der Waals surface area (Å²) in [7, 11) is 0. The first kappa shape index (κ1) is 12.4. The average Bonchev–Trinajstić information content (AvgIpc) is 2.02. The summed E-state index contributed by atoms with van der Waals surface area (Å²) >= 11 is 0. The molecule has 0 aliphatic rings. The predicted octanol–water partition coefficient (Wildman–Crippen LogP) is 1.57. The largest absolute Gasteiger partial charge is 0.466 e. The van der Waals surface area contributed by atoms with E-state index in [1.54, 1.807) is 0 Å². The van der Waals surface area contributed by atoms with Gasteiger partial charge in [0.05, 0.1) is 6.61 Å². The minimum atomic E-state index is -0.195. The number of carbonyl (C=O) groups is 1. The highest BCUT2D eigenvalue weighted by Crippen LogP contribution is 2.05. The van der Waals surface area contributed by atoms with Crippen molar-refractivity contribution in [3.63, 3.8) is 0 Å². The van der Waals surface area contributed by atoms with Gasteiger partial charge in [-0.2, -0.15) is 0 Å². The van der Waals surface area contributed by atoms with Crippen molar-refractivity contribution < 1.29 is 9.53 Å². The van der Waals surface area contributed by atoms with Gasteiger partial charge in [0, 0.05) is 13.0 Å². The Labute approximate surface area is 80.8 Å². The maximum Gasteiger partial charge on any atom is 0.302 e. The van der Waals surface area contributed by atoms with Crippen molar-refractivity contribution >= 4 is 5.97 Å². The molecular weight excluding hydrogens is 166 g/mol. The van der Waals surface area contributed by atoms with Crippen LogP contribution >= 0.6 is 0 Å². The Morgan fingerprint density at radius 3 is 2.46 bits per heavy atom.